The molecule has 0 saturated heterocycles. The largest absolute Gasteiger partial charge is 0.449 e. The Kier molecular flexibility index (Phi) is 4.16. The van der Waals surface area contributed by atoms with Crippen LogP contribution in [0.2, 0.25) is 0 Å². The molecule has 0 heterocycles. The SMILES string of the molecule is Cc1ccc(N(C)C(=O)OCC(C)(C)C)cc1. The van der Waals surface area contributed by atoms with E-state index in [0.29, 0.717) is 6.61 Å². The van der Waals surface area contributed by atoms with Crippen molar-refractivity contribution in [1.29, 1.82) is 0 Å². The summed E-state index contributed by atoms with van der Waals surface area (Å²) in [7, 11) is 1.72. The van der Waals surface area contributed by atoms with Crippen LogP contribution in [0.4, 0.5) is 10.5 Å². The fraction of sp³-hybridized carbons (Fsp3) is 0.500. The van der Waals surface area contributed by atoms with Crippen molar-refractivity contribution in [2.24, 2.45) is 5.41 Å². The Labute approximate surface area is 103 Å². The smallest absolute Gasteiger partial charge is 0.414 e. The van der Waals surface area contributed by atoms with Crippen molar-refractivity contribution in [3.63, 3.8) is 0 Å². The maximum Gasteiger partial charge on any atom is 0.414 e. The molecule has 0 N–H and O–H groups in total. The summed E-state index contributed by atoms with van der Waals surface area (Å²) < 4.78 is 5.24. The van der Waals surface area contributed by atoms with Gasteiger partial charge in [-0.3, -0.25) is 4.90 Å². The number of rotatable bonds is 2. The summed E-state index contributed by atoms with van der Waals surface area (Å²) >= 11 is 0. The minimum Gasteiger partial charge on any atom is -0.449 e. The average molecular weight is 235 g/mol. The molecule has 1 rings (SSSR count). The van der Waals surface area contributed by atoms with Crippen molar-refractivity contribution in [3.8, 4) is 0 Å². The van der Waals surface area contributed by atoms with Gasteiger partial charge >= 0.3 is 6.09 Å². The van der Waals surface area contributed by atoms with Gasteiger partial charge in [-0.2, -0.15) is 0 Å². The maximum atomic E-state index is 11.8. The topological polar surface area (TPSA) is 29.5 Å². The van der Waals surface area contributed by atoms with E-state index in [9.17, 15) is 4.79 Å². The number of hydrogen-bond acceptors (Lipinski definition) is 2. The first-order valence-electron chi connectivity index (χ1n) is 5.77. The summed E-state index contributed by atoms with van der Waals surface area (Å²) in [6.45, 7) is 8.54. The Bertz CT molecular complexity index is 376. The van der Waals surface area contributed by atoms with E-state index in [-0.39, 0.29) is 11.5 Å². The van der Waals surface area contributed by atoms with Crippen molar-refractivity contribution in [2.75, 3.05) is 18.6 Å². The molecule has 0 radical (unpaired) electrons. The first-order chi connectivity index (χ1) is 7.79. The number of benzene rings is 1. The van der Waals surface area contributed by atoms with E-state index in [1.807, 2.05) is 52.0 Å². The van der Waals surface area contributed by atoms with Gasteiger partial charge in [-0.05, 0) is 24.5 Å². The third-order valence-corrected chi connectivity index (χ3v) is 2.32. The predicted molar refractivity (Wildman–Crippen MR) is 70.4 cm³/mol. The zero-order chi connectivity index (χ0) is 13.1. The highest BCUT2D eigenvalue weighted by molar-refractivity contribution is 5.86. The number of carbonyl (C=O) groups excluding carboxylic acids is 1. The Morgan fingerprint density at radius 2 is 1.76 bits per heavy atom. The Morgan fingerprint density at radius 1 is 1.24 bits per heavy atom. The molecule has 0 bridgehead atoms. The first kappa shape index (κ1) is 13.6. The van der Waals surface area contributed by atoms with Crippen LogP contribution < -0.4 is 4.90 Å². The maximum absolute atomic E-state index is 11.8. The van der Waals surface area contributed by atoms with Gasteiger partial charge in [0.1, 0.15) is 0 Å². The van der Waals surface area contributed by atoms with Gasteiger partial charge in [0.05, 0.1) is 6.61 Å². The summed E-state index contributed by atoms with van der Waals surface area (Å²) in [5.41, 5.74) is 2.00. The van der Waals surface area contributed by atoms with Crippen LogP contribution in [-0.4, -0.2) is 19.7 Å². The molecule has 0 unspecified atom stereocenters. The average Bonchev–Trinajstić information content (AvgIpc) is 2.25. The van der Waals surface area contributed by atoms with Crippen molar-refractivity contribution >= 4 is 11.8 Å². The molecule has 0 atom stereocenters. The van der Waals surface area contributed by atoms with Crippen LogP contribution in [0.5, 0.6) is 0 Å². The molecule has 94 valence electrons. The highest BCUT2D eigenvalue weighted by atomic mass is 16.6. The molecular formula is C14H21NO2. The molecule has 0 aliphatic carbocycles. The highest BCUT2D eigenvalue weighted by Gasteiger charge is 2.17. The third-order valence-electron chi connectivity index (χ3n) is 2.32. The Morgan fingerprint density at radius 3 is 2.24 bits per heavy atom. The van der Waals surface area contributed by atoms with Gasteiger partial charge in [-0.1, -0.05) is 38.5 Å². The molecule has 0 saturated carbocycles. The normalized spacial score (nSPS) is 11.1. The van der Waals surface area contributed by atoms with E-state index in [1.54, 1.807) is 7.05 Å². The molecule has 0 aromatic heterocycles. The third kappa shape index (κ3) is 4.47. The van der Waals surface area contributed by atoms with Crippen molar-refractivity contribution < 1.29 is 9.53 Å². The zero-order valence-electron chi connectivity index (χ0n) is 11.3. The number of ether oxygens (including phenoxy) is 1. The summed E-state index contributed by atoms with van der Waals surface area (Å²) in [6.07, 6.45) is -0.316. The molecule has 0 fully saturated rings. The van der Waals surface area contributed by atoms with Gasteiger partial charge in [0.25, 0.3) is 0 Å². The number of carbonyl (C=O) groups is 1. The lowest BCUT2D eigenvalue weighted by Crippen LogP contribution is -2.30. The van der Waals surface area contributed by atoms with Crippen LogP contribution in [-0.2, 0) is 4.74 Å². The quantitative estimate of drug-likeness (QED) is 0.783. The molecular weight excluding hydrogens is 214 g/mol. The van der Waals surface area contributed by atoms with Gasteiger partial charge in [0.15, 0.2) is 0 Å². The first-order valence-corrected chi connectivity index (χ1v) is 5.77. The molecule has 0 spiro atoms. The van der Waals surface area contributed by atoms with E-state index in [1.165, 1.54) is 10.5 Å². The summed E-state index contributed by atoms with van der Waals surface area (Å²) in [4.78, 5) is 13.3. The van der Waals surface area contributed by atoms with E-state index in [4.69, 9.17) is 4.74 Å². The van der Waals surface area contributed by atoms with Gasteiger partial charge < -0.3 is 4.74 Å². The molecule has 1 aromatic carbocycles. The standard InChI is InChI=1S/C14H21NO2/c1-11-6-8-12(9-7-11)15(5)13(16)17-10-14(2,3)4/h6-9H,10H2,1-5H3. The second kappa shape index (κ2) is 5.21. The summed E-state index contributed by atoms with van der Waals surface area (Å²) in [6, 6.07) is 7.77. The fourth-order valence-corrected chi connectivity index (χ4v) is 1.25. The lowest BCUT2D eigenvalue weighted by molar-refractivity contribution is 0.113. The number of nitrogens with zero attached hydrogens (tertiary/aromatic N) is 1. The Hall–Kier alpha value is -1.51. The molecule has 0 aliphatic heterocycles. The minimum atomic E-state index is -0.316. The molecule has 17 heavy (non-hydrogen) atoms. The molecule has 3 heteroatoms. The van der Waals surface area contributed by atoms with Crippen molar-refractivity contribution in [3.05, 3.63) is 29.8 Å². The summed E-state index contributed by atoms with van der Waals surface area (Å²) in [5.74, 6) is 0. The second-order valence-electron chi connectivity index (χ2n) is 5.51. The van der Waals surface area contributed by atoms with Gasteiger partial charge in [0, 0.05) is 12.7 Å². The molecule has 1 aromatic rings. The monoisotopic (exact) mass is 235 g/mol. The fourth-order valence-electron chi connectivity index (χ4n) is 1.25. The van der Waals surface area contributed by atoms with Gasteiger partial charge in [-0.15, -0.1) is 0 Å². The predicted octanol–water partition coefficient (Wildman–Crippen LogP) is 3.61. The van der Waals surface area contributed by atoms with Crippen LogP contribution in [0, 0.1) is 12.3 Å². The van der Waals surface area contributed by atoms with E-state index >= 15 is 0 Å². The Balaban J connectivity index is 2.61. The number of anilines is 1. The van der Waals surface area contributed by atoms with Crippen LogP contribution in [0.15, 0.2) is 24.3 Å². The van der Waals surface area contributed by atoms with Gasteiger partial charge in [-0.25, -0.2) is 4.79 Å². The zero-order valence-corrected chi connectivity index (χ0v) is 11.3. The van der Waals surface area contributed by atoms with Crippen LogP contribution >= 0.6 is 0 Å². The van der Waals surface area contributed by atoms with Crippen molar-refractivity contribution in [2.45, 2.75) is 27.7 Å². The van der Waals surface area contributed by atoms with Crippen LogP contribution in [0.1, 0.15) is 26.3 Å². The lowest BCUT2D eigenvalue weighted by Gasteiger charge is -2.22. The molecule has 1 amide bonds. The van der Waals surface area contributed by atoms with Crippen molar-refractivity contribution in [1.82, 2.24) is 0 Å². The number of aryl methyl sites for hydroxylation is 1. The molecule has 3 nitrogen and oxygen atoms in total. The summed E-state index contributed by atoms with van der Waals surface area (Å²) in [5, 5.41) is 0. The van der Waals surface area contributed by atoms with E-state index in [0.717, 1.165) is 5.69 Å². The highest BCUT2D eigenvalue weighted by Crippen LogP contribution is 2.17. The van der Waals surface area contributed by atoms with Crippen LogP contribution in [0.25, 0.3) is 0 Å². The second-order valence-corrected chi connectivity index (χ2v) is 5.51. The number of hydrogen-bond donors (Lipinski definition) is 0. The minimum absolute atomic E-state index is 0.0101. The number of amides is 1. The van der Waals surface area contributed by atoms with E-state index < -0.39 is 0 Å². The van der Waals surface area contributed by atoms with Crippen LogP contribution in [0.3, 0.4) is 0 Å². The lowest BCUT2D eigenvalue weighted by atomic mass is 9.99. The van der Waals surface area contributed by atoms with E-state index in [2.05, 4.69) is 0 Å². The molecule has 0 aliphatic rings. The van der Waals surface area contributed by atoms with Gasteiger partial charge in [0.2, 0.25) is 0 Å².